The minimum atomic E-state index is -1.14. The van der Waals surface area contributed by atoms with Crippen LogP contribution in [0.15, 0.2) is 36.4 Å². The lowest BCUT2D eigenvalue weighted by Crippen LogP contribution is -2.66. The monoisotopic (exact) mass is 721 g/mol. The second-order valence-corrected chi connectivity index (χ2v) is 20.1. The maximum atomic E-state index is 13.4. The highest BCUT2D eigenvalue weighted by Gasteiger charge is 2.70. The normalized spacial score (nSPS) is 39.8. The first-order valence-electron chi connectivity index (χ1n) is 19.8. The lowest BCUT2D eigenvalue weighted by Gasteiger charge is -2.72. The summed E-state index contributed by atoms with van der Waals surface area (Å²) in [7, 11) is 0. The zero-order chi connectivity index (χ0) is 37.3. The van der Waals surface area contributed by atoms with Gasteiger partial charge in [-0.1, -0.05) is 76.6 Å². The van der Waals surface area contributed by atoms with Crippen molar-refractivity contribution in [2.45, 2.75) is 139 Å². The van der Waals surface area contributed by atoms with E-state index in [9.17, 15) is 19.5 Å². The molecule has 1 unspecified atom stereocenters. The Balaban J connectivity index is 1.18. The fourth-order valence-corrected chi connectivity index (χ4v) is 13.7. The number of halogens is 1. The van der Waals surface area contributed by atoms with Crippen LogP contribution < -0.4 is 5.32 Å². The molecule has 6 nitrogen and oxygen atoms in total. The van der Waals surface area contributed by atoms with E-state index < -0.39 is 17.4 Å². The summed E-state index contributed by atoms with van der Waals surface area (Å²) in [5, 5.41) is 13.5. The standard InChI is InChI=1S/C44H64ClNO5/c1-26(2)30-22-28(23-36(47)46-25-27-12-10-11-13-32(27)45)29-16-20-43(8)31(38(29)30)14-15-34-42(7)19-18-35(51-37(48)24-40(3,4)39(49)50)41(5,6)33(42)17-21-44(34,43)9/h10-13,28-31,33-35,38H,1,14-25H2,2-9H3,(H,46,47)(H,49,50)/t28-,29?,30-,31+,33-,34+,35-,38+,42-,43+,44+/m0/s1. The van der Waals surface area contributed by atoms with Crippen LogP contribution in [0, 0.1) is 68.5 Å². The van der Waals surface area contributed by atoms with E-state index in [2.05, 4.69) is 53.4 Å². The molecule has 5 aliphatic carbocycles. The molecule has 5 fully saturated rings. The summed E-state index contributed by atoms with van der Waals surface area (Å²) in [5.41, 5.74) is 1.49. The van der Waals surface area contributed by atoms with Crippen LogP contribution in [0.3, 0.4) is 0 Å². The molecule has 0 aliphatic heterocycles. The van der Waals surface area contributed by atoms with Crippen molar-refractivity contribution in [2.24, 2.45) is 68.5 Å². The molecule has 0 radical (unpaired) electrons. The molecular weight excluding hydrogens is 658 g/mol. The number of carbonyl (C=O) groups is 3. The van der Waals surface area contributed by atoms with Crippen LogP contribution in [0.2, 0.25) is 5.02 Å². The molecule has 51 heavy (non-hydrogen) atoms. The van der Waals surface area contributed by atoms with Crippen molar-refractivity contribution in [3.8, 4) is 0 Å². The summed E-state index contributed by atoms with van der Waals surface area (Å²) in [6, 6.07) is 7.73. The predicted molar refractivity (Wildman–Crippen MR) is 203 cm³/mol. The first-order chi connectivity index (χ1) is 23.8. The van der Waals surface area contributed by atoms with Gasteiger partial charge in [-0.2, -0.15) is 0 Å². The molecule has 0 spiro atoms. The number of carbonyl (C=O) groups excluding carboxylic acids is 2. The molecule has 1 aromatic carbocycles. The number of hydrogen-bond acceptors (Lipinski definition) is 4. The molecule has 1 amide bonds. The Bertz CT molecular complexity index is 1550. The molecule has 5 aliphatic rings. The van der Waals surface area contributed by atoms with Crippen molar-refractivity contribution in [1.82, 2.24) is 5.32 Å². The molecule has 1 aromatic rings. The van der Waals surface area contributed by atoms with Gasteiger partial charge >= 0.3 is 11.9 Å². The van der Waals surface area contributed by atoms with E-state index in [4.69, 9.17) is 16.3 Å². The summed E-state index contributed by atoms with van der Waals surface area (Å²) >= 11 is 6.38. The minimum absolute atomic E-state index is 0.112. The Morgan fingerprint density at radius 1 is 0.961 bits per heavy atom. The molecule has 0 saturated heterocycles. The first kappa shape index (κ1) is 38.4. The molecule has 0 heterocycles. The predicted octanol–water partition coefficient (Wildman–Crippen LogP) is 10.3. The fourth-order valence-electron chi connectivity index (χ4n) is 13.5. The van der Waals surface area contributed by atoms with Gasteiger partial charge in [0.15, 0.2) is 0 Å². The first-order valence-corrected chi connectivity index (χ1v) is 20.2. The van der Waals surface area contributed by atoms with Crippen LogP contribution in [0.1, 0.15) is 132 Å². The van der Waals surface area contributed by atoms with Gasteiger partial charge in [-0.15, -0.1) is 0 Å². The zero-order valence-corrected chi connectivity index (χ0v) is 33.3. The summed E-state index contributed by atoms with van der Waals surface area (Å²) in [4.78, 5) is 38.2. The van der Waals surface area contributed by atoms with Crippen molar-refractivity contribution >= 4 is 29.4 Å². The van der Waals surface area contributed by atoms with Crippen LogP contribution in [0.4, 0.5) is 0 Å². The van der Waals surface area contributed by atoms with E-state index >= 15 is 0 Å². The molecule has 5 saturated carbocycles. The van der Waals surface area contributed by atoms with Gasteiger partial charge in [0.05, 0.1) is 11.8 Å². The Hall–Kier alpha value is -2.34. The number of hydrogen-bond donors (Lipinski definition) is 2. The van der Waals surface area contributed by atoms with Crippen LogP contribution >= 0.6 is 11.6 Å². The van der Waals surface area contributed by atoms with Gasteiger partial charge in [0.2, 0.25) is 5.91 Å². The Kier molecular flexibility index (Phi) is 10.2. The highest BCUT2D eigenvalue weighted by atomic mass is 35.5. The molecular formula is C44H64ClNO5. The topological polar surface area (TPSA) is 92.7 Å². The number of ether oxygens (including phenoxy) is 1. The van der Waals surface area contributed by atoms with E-state index in [1.165, 1.54) is 37.7 Å². The second kappa shape index (κ2) is 13.5. The third-order valence-corrected chi connectivity index (χ3v) is 16.8. The van der Waals surface area contributed by atoms with E-state index in [1.54, 1.807) is 13.8 Å². The van der Waals surface area contributed by atoms with Crippen LogP contribution in [0.25, 0.3) is 0 Å². The smallest absolute Gasteiger partial charge is 0.309 e. The molecule has 0 bridgehead atoms. The molecule has 6 rings (SSSR count). The Morgan fingerprint density at radius 3 is 2.31 bits per heavy atom. The maximum Gasteiger partial charge on any atom is 0.309 e. The van der Waals surface area contributed by atoms with Gasteiger partial charge in [0.25, 0.3) is 0 Å². The summed E-state index contributed by atoms with van der Waals surface area (Å²) in [6.45, 7) is 22.9. The number of amides is 1. The van der Waals surface area contributed by atoms with Crippen molar-refractivity contribution < 1.29 is 24.2 Å². The number of benzene rings is 1. The number of rotatable bonds is 9. The molecule has 11 atom stereocenters. The Morgan fingerprint density at radius 2 is 1.65 bits per heavy atom. The number of aliphatic carboxylic acids is 1. The van der Waals surface area contributed by atoms with E-state index in [1.807, 2.05) is 24.3 Å². The molecule has 7 heteroatoms. The zero-order valence-electron chi connectivity index (χ0n) is 32.6. The summed E-state index contributed by atoms with van der Waals surface area (Å²) in [5.74, 6) is 2.39. The van der Waals surface area contributed by atoms with Crippen LogP contribution in [-0.4, -0.2) is 29.1 Å². The molecule has 0 aromatic heterocycles. The van der Waals surface area contributed by atoms with Crippen LogP contribution in [0.5, 0.6) is 0 Å². The highest BCUT2D eigenvalue weighted by molar-refractivity contribution is 6.31. The van der Waals surface area contributed by atoms with Gasteiger partial charge in [-0.3, -0.25) is 14.4 Å². The largest absolute Gasteiger partial charge is 0.481 e. The number of carboxylic acid groups (broad SMARTS) is 1. The lowest BCUT2D eigenvalue weighted by atomic mass is 9.33. The molecule has 282 valence electrons. The van der Waals surface area contributed by atoms with Gasteiger partial charge in [0, 0.05) is 23.4 Å². The lowest BCUT2D eigenvalue weighted by molar-refractivity contribution is -0.245. The average molecular weight is 722 g/mol. The number of carboxylic acids is 1. The molecule has 2 N–H and O–H groups in total. The minimum Gasteiger partial charge on any atom is -0.481 e. The third kappa shape index (κ3) is 6.39. The quantitative estimate of drug-likeness (QED) is 0.196. The van der Waals surface area contributed by atoms with Crippen molar-refractivity contribution in [3.63, 3.8) is 0 Å². The number of fused-ring (bicyclic) bond motifs is 7. The number of allylic oxidation sites excluding steroid dienone is 1. The number of nitrogens with one attached hydrogen (secondary N) is 1. The van der Waals surface area contributed by atoms with Crippen molar-refractivity contribution in [3.05, 3.63) is 47.0 Å². The summed E-state index contributed by atoms with van der Waals surface area (Å²) in [6.07, 6.45) is 10.4. The Labute approximate surface area is 312 Å². The van der Waals surface area contributed by atoms with E-state index in [0.717, 1.165) is 31.2 Å². The van der Waals surface area contributed by atoms with Gasteiger partial charge in [0.1, 0.15) is 6.10 Å². The second-order valence-electron chi connectivity index (χ2n) is 19.7. The van der Waals surface area contributed by atoms with Gasteiger partial charge < -0.3 is 15.2 Å². The SMILES string of the molecule is C=C(C)[C@@H]1C[C@@H](CC(=O)NCc2ccccc2Cl)C2CC[C@]3(C)[C@H](CC[C@@H]4[C@@]5(C)CC[C@H](OC(=O)CC(C)(C)C(=O)O)C(C)(C)[C@@H]5CC[C@]43C)[C@H]21. The van der Waals surface area contributed by atoms with Gasteiger partial charge in [-0.05, 0) is 148 Å². The number of esters is 1. The van der Waals surface area contributed by atoms with Crippen LogP contribution in [-0.2, 0) is 25.7 Å². The average Bonchev–Trinajstić information content (AvgIpc) is 3.40. The maximum absolute atomic E-state index is 13.4. The fraction of sp³-hybridized carbons (Fsp3) is 0.750. The van der Waals surface area contributed by atoms with Crippen molar-refractivity contribution in [2.75, 3.05) is 0 Å². The third-order valence-electron chi connectivity index (χ3n) is 16.4. The van der Waals surface area contributed by atoms with E-state index in [-0.39, 0.29) is 40.1 Å². The van der Waals surface area contributed by atoms with Crippen molar-refractivity contribution in [1.29, 1.82) is 0 Å². The summed E-state index contributed by atoms with van der Waals surface area (Å²) < 4.78 is 6.17. The van der Waals surface area contributed by atoms with Gasteiger partial charge in [-0.25, -0.2) is 0 Å². The van der Waals surface area contributed by atoms with E-state index in [0.29, 0.717) is 59.4 Å². The highest BCUT2D eigenvalue weighted by Crippen LogP contribution is 2.76.